The summed E-state index contributed by atoms with van der Waals surface area (Å²) in [5.41, 5.74) is 13.4. The number of aromatic hydroxyl groups is 1. The van der Waals surface area contributed by atoms with Gasteiger partial charge in [-0.05, 0) is 88.6 Å². The molecule has 0 aliphatic carbocycles. The van der Waals surface area contributed by atoms with E-state index in [9.17, 15) is 5.11 Å². The van der Waals surface area contributed by atoms with Crippen molar-refractivity contribution in [1.82, 2.24) is 14.5 Å². The Morgan fingerprint density at radius 3 is 2.17 bits per heavy atom. The predicted molar refractivity (Wildman–Crippen MR) is 238 cm³/mol. The first-order valence-corrected chi connectivity index (χ1v) is 19.4. The summed E-state index contributed by atoms with van der Waals surface area (Å²) in [7, 11) is 0. The molecule has 0 aliphatic heterocycles. The smallest absolute Gasteiger partial charge is 0.149 e. The van der Waals surface area contributed by atoms with Crippen LogP contribution in [0.2, 0.25) is 0 Å². The summed E-state index contributed by atoms with van der Waals surface area (Å²) in [6.45, 7) is 4.45. The Labute approximate surface area is 341 Å². The minimum atomic E-state index is -2.17. The molecule has 1 N–H and O–H groups in total. The lowest BCUT2D eigenvalue weighted by molar-refractivity contribution is 0.476. The number of imidazole rings is 1. The van der Waals surface area contributed by atoms with Crippen LogP contribution >= 0.6 is 0 Å². The van der Waals surface area contributed by atoms with Crippen molar-refractivity contribution in [3.63, 3.8) is 0 Å². The molecule has 0 aliphatic rings. The van der Waals surface area contributed by atoms with Crippen LogP contribution < -0.4 is 0 Å². The monoisotopic (exact) mass is 754 g/mol. The summed E-state index contributed by atoms with van der Waals surface area (Å²) in [4.78, 5) is 10.3. The van der Waals surface area contributed by atoms with E-state index in [1.165, 1.54) is 0 Å². The molecule has 5 nitrogen and oxygen atoms in total. The zero-order chi connectivity index (χ0) is 42.0. The molecule has 10 rings (SSSR count). The quantitative estimate of drug-likeness (QED) is 0.184. The van der Waals surface area contributed by atoms with Crippen molar-refractivity contribution < 1.29 is 13.6 Å². The first-order valence-electron chi connectivity index (χ1n) is 20.9. The van der Waals surface area contributed by atoms with Crippen molar-refractivity contribution in [3.05, 3.63) is 181 Å². The van der Waals surface area contributed by atoms with E-state index in [4.69, 9.17) is 18.5 Å². The Balaban J connectivity index is 1.20. The molecule has 0 atom stereocenters. The molecular weight excluding hydrogens is 711 g/mol. The van der Waals surface area contributed by atoms with Crippen LogP contribution in [-0.2, 0) is 5.41 Å². The third-order valence-electron chi connectivity index (χ3n) is 11.0. The Morgan fingerprint density at radius 1 is 0.586 bits per heavy atom. The minimum Gasteiger partial charge on any atom is -0.507 e. The first-order chi connectivity index (χ1) is 29.4. The number of aromatic nitrogens is 3. The van der Waals surface area contributed by atoms with Crippen LogP contribution in [0.3, 0.4) is 0 Å². The summed E-state index contributed by atoms with van der Waals surface area (Å²) in [6, 6.07) is 54.2. The molecule has 0 amide bonds. The fourth-order valence-corrected chi connectivity index (χ4v) is 8.02. The maximum absolute atomic E-state index is 11.9. The van der Waals surface area contributed by atoms with Gasteiger partial charge >= 0.3 is 0 Å². The highest BCUT2D eigenvalue weighted by molar-refractivity contribution is 6.07. The average Bonchev–Trinajstić information content (AvgIpc) is 3.83. The number of benzene rings is 7. The number of phenolic OH excluding ortho intramolecular Hbond substituents is 1. The molecule has 7 aromatic carbocycles. The molecule has 0 unspecified atom stereocenters. The van der Waals surface area contributed by atoms with Gasteiger partial charge in [0.25, 0.3) is 0 Å². The lowest BCUT2D eigenvalue weighted by Gasteiger charge is -2.22. The van der Waals surface area contributed by atoms with Crippen molar-refractivity contribution in [1.29, 1.82) is 0 Å². The van der Waals surface area contributed by atoms with E-state index in [1.54, 1.807) is 24.4 Å². The molecule has 3 aromatic heterocycles. The van der Waals surface area contributed by atoms with Crippen molar-refractivity contribution >= 4 is 33.0 Å². The van der Waals surface area contributed by atoms with Crippen molar-refractivity contribution in [2.75, 3.05) is 0 Å². The molecule has 10 aromatic rings. The van der Waals surface area contributed by atoms with E-state index in [0.29, 0.717) is 22.5 Å². The van der Waals surface area contributed by atoms with Gasteiger partial charge in [0.2, 0.25) is 0 Å². The average molecular weight is 755 g/mol. The normalized spacial score (nSPS) is 12.8. The summed E-state index contributed by atoms with van der Waals surface area (Å²) >= 11 is 0. The van der Waals surface area contributed by atoms with E-state index in [0.717, 1.165) is 83.3 Å². The molecule has 0 saturated heterocycles. The summed E-state index contributed by atoms with van der Waals surface area (Å²) in [6.07, 6.45) is 1.80. The number of phenols is 1. The van der Waals surface area contributed by atoms with Gasteiger partial charge < -0.3 is 9.52 Å². The Kier molecular flexibility index (Phi) is 7.56. The van der Waals surface area contributed by atoms with Crippen molar-refractivity contribution in [3.8, 4) is 67.5 Å². The number of furan rings is 1. The first kappa shape index (κ1) is 31.9. The molecule has 0 bridgehead atoms. The third-order valence-corrected chi connectivity index (χ3v) is 11.0. The molecule has 280 valence electrons. The minimum absolute atomic E-state index is 0.0675. The fraction of sp³-hybridized carbons (Fsp3) is 0.0943. The number of fused-ring (bicyclic) bond motifs is 4. The van der Waals surface area contributed by atoms with E-state index in [2.05, 4.69) is 92.1 Å². The standard InChI is InChI=1S/C53H41N3O2/c1-33-21-23-34(24-22-33)36-25-26-54-45(30-36)38-27-37(28-39(29-38)53(2,3)4)41-17-12-19-47-51(41)55-52(56(47)46-18-10-8-15-40(46)35-13-6-5-7-14-35)44-31-43-42-16-9-11-20-49(42)58-50(43)32-48(44)57/h5-32,57H,1-4H3/i1D3. The van der Waals surface area contributed by atoms with Gasteiger partial charge in [0.05, 0.1) is 28.0 Å². The molecule has 0 radical (unpaired) electrons. The largest absolute Gasteiger partial charge is 0.507 e. The van der Waals surface area contributed by atoms with Gasteiger partial charge in [-0.15, -0.1) is 0 Å². The van der Waals surface area contributed by atoms with E-state index < -0.39 is 6.85 Å². The molecule has 0 spiro atoms. The second-order valence-electron chi connectivity index (χ2n) is 15.8. The van der Waals surface area contributed by atoms with Gasteiger partial charge in [-0.3, -0.25) is 9.55 Å². The highest BCUT2D eigenvalue weighted by Crippen LogP contribution is 2.43. The van der Waals surface area contributed by atoms with Gasteiger partial charge in [-0.25, -0.2) is 4.98 Å². The zero-order valence-corrected chi connectivity index (χ0v) is 32.4. The van der Waals surface area contributed by atoms with Crippen LogP contribution in [0.15, 0.2) is 174 Å². The van der Waals surface area contributed by atoms with E-state index in [1.807, 2.05) is 78.9 Å². The third kappa shape index (κ3) is 6.12. The maximum atomic E-state index is 11.9. The number of hydrogen-bond donors (Lipinski definition) is 1. The van der Waals surface area contributed by atoms with Crippen molar-refractivity contribution in [2.24, 2.45) is 0 Å². The fourth-order valence-electron chi connectivity index (χ4n) is 8.02. The molecule has 5 heteroatoms. The van der Waals surface area contributed by atoms with E-state index in [-0.39, 0.29) is 11.2 Å². The zero-order valence-electron chi connectivity index (χ0n) is 35.4. The lowest BCUT2D eigenvalue weighted by atomic mass is 9.83. The van der Waals surface area contributed by atoms with Crippen LogP contribution in [0.1, 0.15) is 36.0 Å². The SMILES string of the molecule is [2H]C([2H])([2H])c1ccc(-c2ccnc(-c3cc(-c4cccc5c4nc(-c4cc6c(cc4O)oc4ccccc46)n5-c4ccccc4-c4ccccc4)cc(C(C)(C)C)c3)c2)cc1. The molecule has 58 heavy (non-hydrogen) atoms. The molecule has 0 fully saturated rings. The van der Waals surface area contributed by atoms with Crippen LogP contribution in [0.25, 0.3) is 94.7 Å². The van der Waals surface area contributed by atoms with Gasteiger partial charge in [-0.1, -0.05) is 136 Å². The number of rotatable bonds is 6. The highest BCUT2D eigenvalue weighted by atomic mass is 16.3. The molecule has 3 heterocycles. The van der Waals surface area contributed by atoms with Crippen LogP contribution in [-0.4, -0.2) is 19.6 Å². The number of pyridine rings is 1. The van der Waals surface area contributed by atoms with Gasteiger partial charge in [-0.2, -0.15) is 0 Å². The second kappa shape index (κ2) is 13.7. The highest BCUT2D eigenvalue weighted by Gasteiger charge is 2.24. The topological polar surface area (TPSA) is 64.1 Å². The summed E-state index contributed by atoms with van der Waals surface area (Å²) < 4.78 is 31.8. The summed E-state index contributed by atoms with van der Waals surface area (Å²) in [5, 5.41) is 13.7. The predicted octanol–water partition coefficient (Wildman–Crippen LogP) is 14.0. The van der Waals surface area contributed by atoms with Gasteiger partial charge in [0, 0.05) is 43.8 Å². The summed E-state index contributed by atoms with van der Waals surface area (Å²) in [5.74, 6) is 0.666. The van der Waals surface area contributed by atoms with Crippen LogP contribution in [0, 0.1) is 6.85 Å². The Bertz CT molecular complexity index is 3280. The molecular formula is C53H41N3O2. The van der Waals surface area contributed by atoms with Crippen LogP contribution in [0.4, 0.5) is 0 Å². The molecule has 0 saturated carbocycles. The lowest BCUT2D eigenvalue weighted by Crippen LogP contribution is -2.11. The van der Waals surface area contributed by atoms with Gasteiger partial charge in [0.1, 0.15) is 22.7 Å². The van der Waals surface area contributed by atoms with Crippen LogP contribution in [0.5, 0.6) is 5.75 Å². The Hall–Kier alpha value is -7.24. The number of nitrogens with zero attached hydrogens (tertiary/aromatic N) is 3. The van der Waals surface area contributed by atoms with Gasteiger partial charge in [0.15, 0.2) is 0 Å². The Morgan fingerprint density at radius 2 is 1.34 bits per heavy atom. The van der Waals surface area contributed by atoms with Crippen molar-refractivity contribution in [2.45, 2.75) is 33.0 Å². The number of aryl methyl sites for hydroxylation is 1. The van der Waals surface area contributed by atoms with E-state index >= 15 is 0 Å². The second-order valence-corrected chi connectivity index (χ2v) is 15.8. The maximum Gasteiger partial charge on any atom is 0.149 e. The number of para-hydroxylation sites is 3. The number of hydrogen-bond acceptors (Lipinski definition) is 4.